The molecule has 0 aromatic rings. The number of unbranched alkanes of at least 4 members (excludes halogenated alkanes) is 1. The summed E-state index contributed by atoms with van der Waals surface area (Å²) in [6, 6.07) is 0.441. The smallest absolute Gasteiger partial charge is 0.323 e. The molecule has 122 valence electrons. The van der Waals surface area contributed by atoms with Crippen molar-refractivity contribution in [2.75, 3.05) is 20.1 Å². The second-order valence-electron chi connectivity index (χ2n) is 7.43. The Morgan fingerprint density at radius 3 is 2.48 bits per heavy atom. The Morgan fingerprint density at radius 2 is 1.90 bits per heavy atom. The van der Waals surface area contributed by atoms with Gasteiger partial charge in [0.05, 0.1) is 0 Å². The van der Waals surface area contributed by atoms with Crippen LogP contribution in [0.3, 0.4) is 0 Å². The van der Waals surface area contributed by atoms with Gasteiger partial charge in [-0.1, -0.05) is 12.8 Å². The van der Waals surface area contributed by atoms with Crippen LogP contribution in [0.15, 0.2) is 0 Å². The van der Waals surface area contributed by atoms with Crippen molar-refractivity contribution in [2.45, 2.75) is 76.3 Å². The van der Waals surface area contributed by atoms with Gasteiger partial charge in [-0.05, 0) is 71.4 Å². The second kappa shape index (κ2) is 7.59. The van der Waals surface area contributed by atoms with Crippen LogP contribution in [-0.2, 0) is 4.79 Å². The van der Waals surface area contributed by atoms with E-state index in [2.05, 4.69) is 17.3 Å². The lowest BCUT2D eigenvalue weighted by Gasteiger charge is -2.27. The van der Waals surface area contributed by atoms with Gasteiger partial charge in [-0.2, -0.15) is 0 Å². The Hall–Kier alpha value is -0.610. The van der Waals surface area contributed by atoms with Crippen LogP contribution in [0, 0.1) is 5.92 Å². The molecular weight excluding hydrogens is 264 g/mol. The van der Waals surface area contributed by atoms with E-state index in [1.807, 2.05) is 6.92 Å². The summed E-state index contributed by atoms with van der Waals surface area (Å²) in [5.41, 5.74) is -0.731. The predicted octanol–water partition coefficient (Wildman–Crippen LogP) is 2.87. The number of carbonyl (C=O) groups is 1. The first-order valence-corrected chi connectivity index (χ1v) is 8.69. The molecule has 0 spiro atoms. The molecule has 4 nitrogen and oxygen atoms in total. The summed E-state index contributed by atoms with van der Waals surface area (Å²) in [4.78, 5) is 13.9. The number of hydrogen-bond donors (Lipinski definition) is 2. The molecule has 0 aromatic heterocycles. The molecule has 2 rings (SSSR count). The first-order chi connectivity index (χ1) is 9.99. The van der Waals surface area contributed by atoms with Crippen molar-refractivity contribution in [1.29, 1.82) is 0 Å². The SMILES string of the molecule is CN(CCCCC(C)(NC1CC1)C(=O)O)CC1CCCC1. The first kappa shape index (κ1) is 16.8. The van der Waals surface area contributed by atoms with E-state index in [9.17, 15) is 9.90 Å². The van der Waals surface area contributed by atoms with Crippen molar-refractivity contribution in [3.8, 4) is 0 Å². The Kier molecular flexibility index (Phi) is 6.06. The Balaban J connectivity index is 1.61. The van der Waals surface area contributed by atoms with Gasteiger partial charge >= 0.3 is 5.97 Å². The number of nitrogens with zero attached hydrogens (tertiary/aromatic N) is 1. The number of carboxylic acids is 1. The summed E-state index contributed by atoms with van der Waals surface area (Å²) >= 11 is 0. The molecule has 0 radical (unpaired) electrons. The molecule has 0 bridgehead atoms. The van der Waals surface area contributed by atoms with Gasteiger partial charge in [0.15, 0.2) is 0 Å². The molecule has 4 heteroatoms. The fourth-order valence-electron chi connectivity index (χ4n) is 3.50. The molecule has 1 atom stereocenters. The van der Waals surface area contributed by atoms with Crippen LogP contribution >= 0.6 is 0 Å². The van der Waals surface area contributed by atoms with E-state index in [4.69, 9.17) is 0 Å². The van der Waals surface area contributed by atoms with Gasteiger partial charge in [0.25, 0.3) is 0 Å². The van der Waals surface area contributed by atoms with Crippen LogP contribution in [-0.4, -0.2) is 47.7 Å². The van der Waals surface area contributed by atoms with Crippen LogP contribution in [0.2, 0.25) is 0 Å². The van der Waals surface area contributed by atoms with Gasteiger partial charge in [-0.15, -0.1) is 0 Å². The molecule has 2 N–H and O–H groups in total. The maximum Gasteiger partial charge on any atom is 0.323 e. The van der Waals surface area contributed by atoms with E-state index in [1.165, 1.54) is 32.2 Å². The van der Waals surface area contributed by atoms with Gasteiger partial charge in [0.2, 0.25) is 0 Å². The summed E-state index contributed by atoms with van der Waals surface area (Å²) in [5, 5.41) is 12.7. The number of aliphatic carboxylic acids is 1. The Labute approximate surface area is 129 Å². The number of hydrogen-bond acceptors (Lipinski definition) is 3. The highest BCUT2D eigenvalue weighted by Gasteiger charge is 2.37. The predicted molar refractivity (Wildman–Crippen MR) is 85.5 cm³/mol. The van der Waals surface area contributed by atoms with E-state index in [-0.39, 0.29) is 0 Å². The van der Waals surface area contributed by atoms with Crippen LogP contribution < -0.4 is 5.32 Å². The van der Waals surface area contributed by atoms with E-state index in [1.54, 1.807) is 0 Å². The minimum atomic E-state index is -0.731. The van der Waals surface area contributed by atoms with Crippen LogP contribution in [0.25, 0.3) is 0 Å². The monoisotopic (exact) mass is 296 g/mol. The molecule has 2 aliphatic carbocycles. The third-order valence-corrected chi connectivity index (χ3v) is 5.08. The number of carboxylic acid groups (broad SMARTS) is 1. The van der Waals surface area contributed by atoms with Crippen molar-refractivity contribution in [3.63, 3.8) is 0 Å². The molecular formula is C17H32N2O2. The highest BCUT2D eigenvalue weighted by molar-refractivity contribution is 5.78. The molecule has 21 heavy (non-hydrogen) atoms. The normalized spacial score (nSPS) is 22.6. The van der Waals surface area contributed by atoms with Crippen molar-refractivity contribution < 1.29 is 9.90 Å². The van der Waals surface area contributed by atoms with Crippen molar-refractivity contribution >= 4 is 5.97 Å². The van der Waals surface area contributed by atoms with Gasteiger partial charge in [0.1, 0.15) is 5.54 Å². The van der Waals surface area contributed by atoms with Gasteiger partial charge < -0.3 is 10.0 Å². The average Bonchev–Trinajstić information content (AvgIpc) is 3.08. The molecule has 0 saturated heterocycles. The van der Waals surface area contributed by atoms with E-state index in [0.717, 1.165) is 44.6 Å². The van der Waals surface area contributed by atoms with Crippen LogP contribution in [0.4, 0.5) is 0 Å². The molecule has 0 aromatic carbocycles. The summed E-state index contributed by atoms with van der Waals surface area (Å²) in [5.74, 6) is 0.199. The molecule has 1 unspecified atom stereocenters. The third kappa shape index (κ3) is 5.59. The highest BCUT2D eigenvalue weighted by atomic mass is 16.4. The summed E-state index contributed by atoms with van der Waals surface area (Å²) in [6.07, 6.45) is 10.7. The minimum absolute atomic E-state index is 0.441. The molecule has 2 saturated carbocycles. The maximum absolute atomic E-state index is 11.5. The Bertz CT molecular complexity index is 338. The molecule has 2 aliphatic rings. The van der Waals surface area contributed by atoms with Gasteiger partial charge in [-0.25, -0.2) is 0 Å². The molecule has 0 heterocycles. The van der Waals surface area contributed by atoms with E-state index in [0.29, 0.717) is 6.04 Å². The lowest BCUT2D eigenvalue weighted by Crippen LogP contribution is -2.50. The maximum atomic E-state index is 11.5. The fourth-order valence-corrected chi connectivity index (χ4v) is 3.50. The van der Waals surface area contributed by atoms with Crippen molar-refractivity contribution in [3.05, 3.63) is 0 Å². The van der Waals surface area contributed by atoms with Crippen molar-refractivity contribution in [1.82, 2.24) is 10.2 Å². The standard InChI is InChI=1S/C17H32N2O2/c1-17(16(20)21,18-15-9-10-15)11-5-6-12-19(2)13-14-7-3-4-8-14/h14-15,18H,3-13H2,1-2H3,(H,20,21). The lowest BCUT2D eigenvalue weighted by molar-refractivity contribution is -0.144. The van der Waals surface area contributed by atoms with Crippen LogP contribution in [0.1, 0.15) is 64.7 Å². The first-order valence-electron chi connectivity index (χ1n) is 8.69. The largest absolute Gasteiger partial charge is 0.480 e. The number of nitrogens with one attached hydrogen (secondary N) is 1. The number of rotatable bonds is 10. The molecule has 2 fully saturated rings. The lowest BCUT2D eigenvalue weighted by atomic mass is 9.94. The zero-order chi connectivity index (χ0) is 15.3. The zero-order valence-electron chi connectivity index (χ0n) is 13.7. The zero-order valence-corrected chi connectivity index (χ0v) is 13.7. The average molecular weight is 296 g/mol. The Morgan fingerprint density at radius 1 is 1.24 bits per heavy atom. The minimum Gasteiger partial charge on any atom is -0.480 e. The van der Waals surface area contributed by atoms with E-state index < -0.39 is 11.5 Å². The topological polar surface area (TPSA) is 52.6 Å². The van der Waals surface area contributed by atoms with Crippen LogP contribution in [0.5, 0.6) is 0 Å². The molecule has 0 aliphatic heterocycles. The fraction of sp³-hybridized carbons (Fsp3) is 0.941. The van der Waals surface area contributed by atoms with Gasteiger partial charge in [0, 0.05) is 12.6 Å². The highest BCUT2D eigenvalue weighted by Crippen LogP contribution is 2.26. The van der Waals surface area contributed by atoms with E-state index >= 15 is 0 Å². The van der Waals surface area contributed by atoms with Crippen molar-refractivity contribution in [2.24, 2.45) is 5.92 Å². The van der Waals surface area contributed by atoms with Gasteiger partial charge in [-0.3, -0.25) is 10.1 Å². The molecule has 0 amide bonds. The summed E-state index contributed by atoms with van der Waals surface area (Å²) in [6.45, 7) is 4.15. The third-order valence-electron chi connectivity index (χ3n) is 5.08. The second-order valence-corrected chi connectivity index (χ2v) is 7.43. The quantitative estimate of drug-likeness (QED) is 0.609. The summed E-state index contributed by atoms with van der Waals surface area (Å²) in [7, 11) is 2.21. The summed E-state index contributed by atoms with van der Waals surface area (Å²) < 4.78 is 0.